The van der Waals surface area contributed by atoms with E-state index in [1.807, 2.05) is 36.6 Å². The minimum atomic E-state index is -0.841. The van der Waals surface area contributed by atoms with Gasteiger partial charge in [0, 0.05) is 22.1 Å². The number of aromatic nitrogens is 1. The topological polar surface area (TPSA) is 71.4 Å². The highest BCUT2D eigenvalue weighted by molar-refractivity contribution is 6.42. The first kappa shape index (κ1) is 20.9. The van der Waals surface area contributed by atoms with Gasteiger partial charge in [0.05, 0.1) is 10.7 Å². The third-order valence-corrected chi connectivity index (χ3v) is 5.62. The number of halogens is 2. The second-order valence-electron chi connectivity index (χ2n) is 7.05. The van der Waals surface area contributed by atoms with E-state index >= 15 is 0 Å². The van der Waals surface area contributed by atoms with Crippen LogP contribution in [0.1, 0.15) is 17.0 Å². The van der Waals surface area contributed by atoms with E-state index in [2.05, 4.69) is 5.32 Å². The van der Waals surface area contributed by atoms with Crippen LogP contribution in [0.25, 0.3) is 11.8 Å². The lowest BCUT2D eigenvalue weighted by Gasteiger charge is -2.27. The molecule has 1 fully saturated rings. The number of carbonyl (C=O) groups excluding carboxylic acids is 3. The third kappa shape index (κ3) is 3.76. The fourth-order valence-electron chi connectivity index (χ4n) is 3.59. The van der Waals surface area contributed by atoms with E-state index in [1.54, 1.807) is 36.4 Å². The van der Waals surface area contributed by atoms with Gasteiger partial charge in [0.25, 0.3) is 11.8 Å². The highest BCUT2D eigenvalue weighted by Gasteiger charge is 2.37. The molecule has 0 atom stereocenters. The minimum absolute atomic E-state index is 0.157. The molecule has 0 bridgehead atoms. The molecule has 0 aliphatic carbocycles. The lowest BCUT2D eigenvalue weighted by Crippen LogP contribution is -2.54. The zero-order valence-corrected chi connectivity index (χ0v) is 18.2. The number of hydrogen-bond acceptors (Lipinski definition) is 3. The maximum Gasteiger partial charge on any atom is 0.335 e. The predicted octanol–water partition coefficient (Wildman–Crippen LogP) is 5.07. The molecule has 1 aliphatic rings. The standard InChI is InChI=1S/C23H17Cl2N3O3/c1-13-11-15(14(2)27(13)17-9-7-16(24)8-10-17)12-18-21(29)26-23(31)28(22(18)30)20-6-4-3-5-19(20)25/h3-12H,1-2H3,(H,26,29,31)/b18-12-. The second kappa shape index (κ2) is 8.06. The molecule has 3 aromatic rings. The molecule has 4 rings (SSSR count). The molecule has 1 saturated heterocycles. The van der Waals surface area contributed by atoms with Crippen molar-refractivity contribution in [3.63, 3.8) is 0 Å². The van der Waals surface area contributed by atoms with Crippen LogP contribution in [0.5, 0.6) is 0 Å². The second-order valence-corrected chi connectivity index (χ2v) is 7.89. The molecule has 0 unspecified atom stereocenters. The van der Waals surface area contributed by atoms with Gasteiger partial charge in [-0.25, -0.2) is 9.69 Å². The summed E-state index contributed by atoms with van der Waals surface area (Å²) < 4.78 is 1.99. The van der Waals surface area contributed by atoms with Gasteiger partial charge in [-0.15, -0.1) is 0 Å². The van der Waals surface area contributed by atoms with Crippen LogP contribution in [0, 0.1) is 13.8 Å². The number of barbiturate groups is 1. The van der Waals surface area contributed by atoms with E-state index in [4.69, 9.17) is 23.2 Å². The predicted molar refractivity (Wildman–Crippen MR) is 121 cm³/mol. The summed E-state index contributed by atoms with van der Waals surface area (Å²) >= 11 is 12.2. The number of nitrogens with one attached hydrogen (secondary N) is 1. The van der Waals surface area contributed by atoms with Crippen LogP contribution in [0.2, 0.25) is 10.0 Å². The molecule has 2 aromatic carbocycles. The van der Waals surface area contributed by atoms with Gasteiger partial charge in [-0.3, -0.25) is 14.9 Å². The average Bonchev–Trinajstić information content (AvgIpc) is 3.00. The minimum Gasteiger partial charge on any atom is -0.318 e. The Morgan fingerprint density at radius 1 is 0.935 bits per heavy atom. The van der Waals surface area contributed by atoms with Crippen molar-refractivity contribution < 1.29 is 14.4 Å². The highest BCUT2D eigenvalue weighted by atomic mass is 35.5. The zero-order chi connectivity index (χ0) is 22.3. The maximum atomic E-state index is 13.1. The number of carbonyl (C=O) groups is 3. The molecule has 0 radical (unpaired) electrons. The molecule has 0 saturated carbocycles. The van der Waals surface area contributed by atoms with Crippen molar-refractivity contribution in [2.24, 2.45) is 0 Å². The van der Waals surface area contributed by atoms with Gasteiger partial charge in [-0.05, 0) is 68.0 Å². The molecular formula is C23H17Cl2N3O3. The molecule has 31 heavy (non-hydrogen) atoms. The summed E-state index contributed by atoms with van der Waals surface area (Å²) in [4.78, 5) is 38.8. The number of benzene rings is 2. The number of hydrogen-bond donors (Lipinski definition) is 1. The Bertz CT molecular complexity index is 1260. The average molecular weight is 454 g/mol. The van der Waals surface area contributed by atoms with E-state index in [0.717, 1.165) is 22.0 Å². The number of aryl methyl sites for hydroxylation is 1. The van der Waals surface area contributed by atoms with Crippen LogP contribution in [0.3, 0.4) is 0 Å². The van der Waals surface area contributed by atoms with E-state index < -0.39 is 17.8 Å². The first-order valence-corrected chi connectivity index (χ1v) is 10.1. The van der Waals surface area contributed by atoms with Crippen molar-refractivity contribution in [2.75, 3.05) is 4.90 Å². The van der Waals surface area contributed by atoms with Gasteiger partial charge in [0.15, 0.2) is 0 Å². The van der Waals surface area contributed by atoms with Crippen molar-refractivity contribution in [3.8, 4) is 5.69 Å². The molecule has 1 aromatic heterocycles. The number of amides is 4. The van der Waals surface area contributed by atoms with Gasteiger partial charge in [0.2, 0.25) is 0 Å². The fraction of sp³-hybridized carbons (Fsp3) is 0.0870. The Labute approximate surface area is 188 Å². The summed E-state index contributed by atoms with van der Waals surface area (Å²) in [6.45, 7) is 3.81. The number of urea groups is 1. The van der Waals surface area contributed by atoms with Gasteiger partial charge >= 0.3 is 6.03 Å². The summed E-state index contributed by atoms with van der Waals surface area (Å²) in [5.41, 5.74) is 3.37. The van der Waals surface area contributed by atoms with Crippen LogP contribution >= 0.6 is 23.2 Å². The Hall–Kier alpha value is -3.35. The molecule has 1 N–H and O–H groups in total. The monoisotopic (exact) mass is 453 g/mol. The van der Waals surface area contributed by atoms with Crippen LogP contribution < -0.4 is 10.2 Å². The largest absolute Gasteiger partial charge is 0.335 e. The Morgan fingerprint density at radius 2 is 1.61 bits per heavy atom. The molecule has 156 valence electrons. The van der Waals surface area contributed by atoms with Crippen molar-refractivity contribution in [1.82, 2.24) is 9.88 Å². The Morgan fingerprint density at radius 3 is 2.29 bits per heavy atom. The lowest BCUT2D eigenvalue weighted by molar-refractivity contribution is -0.122. The number of nitrogens with zero attached hydrogens (tertiary/aromatic N) is 2. The summed E-state index contributed by atoms with van der Waals surface area (Å²) in [6.07, 6.45) is 1.49. The molecule has 0 spiro atoms. The molecule has 4 amide bonds. The quantitative estimate of drug-likeness (QED) is 0.444. The summed E-state index contributed by atoms with van der Waals surface area (Å²) in [7, 11) is 0. The highest BCUT2D eigenvalue weighted by Crippen LogP contribution is 2.30. The maximum absolute atomic E-state index is 13.1. The first-order valence-electron chi connectivity index (χ1n) is 9.39. The van der Waals surface area contributed by atoms with Gasteiger partial charge in [0.1, 0.15) is 5.57 Å². The van der Waals surface area contributed by atoms with E-state index in [0.29, 0.717) is 10.6 Å². The fourth-order valence-corrected chi connectivity index (χ4v) is 3.93. The van der Waals surface area contributed by atoms with E-state index in [9.17, 15) is 14.4 Å². The third-order valence-electron chi connectivity index (χ3n) is 5.05. The van der Waals surface area contributed by atoms with Crippen molar-refractivity contribution >= 4 is 52.8 Å². The van der Waals surface area contributed by atoms with Crippen LogP contribution in [-0.2, 0) is 9.59 Å². The van der Waals surface area contributed by atoms with E-state index in [1.165, 1.54) is 6.08 Å². The molecule has 8 heteroatoms. The summed E-state index contributed by atoms with van der Waals surface area (Å²) in [5.74, 6) is -1.49. The van der Waals surface area contributed by atoms with Crippen molar-refractivity contribution in [1.29, 1.82) is 0 Å². The molecule has 2 heterocycles. The number of anilines is 1. The zero-order valence-electron chi connectivity index (χ0n) is 16.6. The number of imide groups is 2. The van der Waals surface area contributed by atoms with Gasteiger partial charge < -0.3 is 4.57 Å². The first-order chi connectivity index (χ1) is 14.8. The summed E-state index contributed by atoms with van der Waals surface area (Å²) in [6, 6.07) is 14.8. The summed E-state index contributed by atoms with van der Waals surface area (Å²) in [5, 5.41) is 3.06. The van der Waals surface area contributed by atoms with E-state index in [-0.39, 0.29) is 16.3 Å². The smallest absolute Gasteiger partial charge is 0.318 e. The molecule has 6 nitrogen and oxygen atoms in total. The van der Waals surface area contributed by atoms with Gasteiger partial charge in [-0.1, -0.05) is 35.3 Å². The van der Waals surface area contributed by atoms with Crippen LogP contribution in [0.4, 0.5) is 10.5 Å². The normalized spacial score (nSPS) is 15.5. The number of para-hydroxylation sites is 1. The van der Waals surface area contributed by atoms with Crippen LogP contribution in [0.15, 0.2) is 60.2 Å². The molecular weight excluding hydrogens is 437 g/mol. The van der Waals surface area contributed by atoms with Crippen molar-refractivity contribution in [3.05, 3.63) is 87.2 Å². The number of rotatable bonds is 3. The lowest BCUT2D eigenvalue weighted by atomic mass is 10.1. The van der Waals surface area contributed by atoms with Crippen LogP contribution in [-0.4, -0.2) is 22.4 Å². The molecule has 1 aliphatic heterocycles. The Kier molecular flexibility index (Phi) is 5.43. The van der Waals surface area contributed by atoms with Crippen molar-refractivity contribution in [2.45, 2.75) is 13.8 Å². The SMILES string of the molecule is Cc1cc(/C=C2/C(=O)NC(=O)N(c3ccccc3Cl)C2=O)c(C)n1-c1ccc(Cl)cc1. The Balaban J connectivity index is 1.77. The van der Waals surface area contributed by atoms with Gasteiger partial charge in [-0.2, -0.15) is 0 Å².